The first-order valence-corrected chi connectivity index (χ1v) is 25.9. The Kier molecular flexibility index (Phi) is 8.77. The summed E-state index contributed by atoms with van der Waals surface area (Å²) in [6, 6.07) is 36.6. The van der Waals surface area contributed by atoms with Crippen LogP contribution in [0, 0.1) is 6.92 Å². The van der Waals surface area contributed by atoms with E-state index in [2.05, 4.69) is 212 Å². The largest absolute Gasteiger partial charge is 0.456 e. The molecule has 3 heterocycles. The Morgan fingerprint density at radius 1 is 0.456 bits per heavy atom. The van der Waals surface area contributed by atoms with Crippen molar-refractivity contribution in [1.82, 2.24) is 0 Å². The summed E-state index contributed by atoms with van der Waals surface area (Å²) in [6.45, 7) is 39.4. The number of benzene rings is 6. The molecule has 0 radical (unpaired) electrons. The quantitative estimate of drug-likeness (QED) is 0.161. The summed E-state index contributed by atoms with van der Waals surface area (Å²) < 4.78 is 6.72. The van der Waals surface area contributed by atoms with Gasteiger partial charge in [0.15, 0.2) is 0 Å². The van der Waals surface area contributed by atoms with E-state index in [4.69, 9.17) is 4.42 Å². The molecule has 7 aromatic rings. The number of nitrogens with zero attached hydrogens (tertiary/aromatic N) is 2. The molecule has 1 aromatic heterocycles. The van der Waals surface area contributed by atoms with Gasteiger partial charge in [-0.15, -0.1) is 0 Å². The van der Waals surface area contributed by atoms with Crippen LogP contribution in [0.25, 0.3) is 21.9 Å². The third kappa shape index (κ3) is 6.10. The summed E-state index contributed by atoms with van der Waals surface area (Å²) >= 11 is 0. The Bertz CT molecular complexity index is 3340. The van der Waals surface area contributed by atoms with Gasteiger partial charge in [-0.3, -0.25) is 0 Å². The van der Waals surface area contributed by atoms with E-state index in [-0.39, 0.29) is 44.6 Å². The van der Waals surface area contributed by atoms with Gasteiger partial charge >= 0.3 is 0 Å². The van der Waals surface area contributed by atoms with E-state index in [0.717, 1.165) is 40.5 Å². The molecule has 0 N–H and O–H groups in total. The zero-order valence-electron chi connectivity index (χ0n) is 44.1. The molecule has 0 bridgehead atoms. The molecule has 0 fully saturated rings. The second kappa shape index (κ2) is 13.6. The third-order valence-corrected chi connectivity index (χ3v) is 18.4. The zero-order valence-corrected chi connectivity index (χ0v) is 44.1. The number of rotatable bonds is 2. The lowest BCUT2D eigenvalue weighted by Crippen LogP contribution is -2.62. The molecule has 5 aliphatic rings. The van der Waals surface area contributed by atoms with Gasteiger partial charge in [0.1, 0.15) is 11.2 Å². The van der Waals surface area contributed by atoms with Crippen molar-refractivity contribution < 1.29 is 4.42 Å². The number of hydrogen-bond donors (Lipinski definition) is 0. The van der Waals surface area contributed by atoms with Gasteiger partial charge in [0.25, 0.3) is 6.71 Å². The van der Waals surface area contributed by atoms with Gasteiger partial charge in [0.05, 0.1) is 0 Å². The Morgan fingerprint density at radius 3 is 1.49 bits per heavy atom. The number of furan rings is 1. The monoisotopic (exact) mass is 897 g/mol. The van der Waals surface area contributed by atoms with Crippen molar-refractivity contribution in [3.8, 4) is 0 Å². The zero-order chi connectivity index (χ0) is 48.2. The van der Waals surface area contributed by atoms with Gasteiger partial charge < -0.3 is 14.2 Å². The maximum absolute atomic E-state index is 6.72. The van der Waals surface area contributed by atoms with Crippen LogP contribution in [0.15, 0.2) is 95.4 Å². The number of anilines is 6. The van der Waals surface area contributed by atoms with Crippen LogP contribution in [0.3, 0.4) is 0 Å². The van der Waals surface area contributed by atoms with Crippen molar-refractivity contribution in [3.05, 3.63) is 136 Å². The highest BCUT2D eigenvalue weighted by Gasteiger charge is 2.50. The van der Waals surface area contributed by atoms with Gasteiger partial charge in [-0.2, -0.15) is 0 Å². The van der Waals surface area contributed by atoms with Crippen LogP contribution >= 0.6 is 0 Å². The summed E-state index contributed by atoms with van der Waals surface area (Å²) in [4.78, 5) is 5.41. The van der Waals surface area contributed by atoms with E-state index in [1.165, 1.54) is 109 Å². The first-order chi connectivity index (χ1) is 31.7. The van der Waals surface area contributed by atoms with E-state index >= 15 is 0 Å². The summed E-state index contributed by atoms with van der Waals surface area (Å²) in [5, 5.41) is 2.32. The molecule has 4 heteroatoms. The minimum atomic E-state index is -0.121. The molecule has 348 valence electrons. The highest BCUT2D eigenvalue weighted by atomic mass is 16.3. The first kappa shape index (κ1) is 44.0. The number of para-hydroxylation sites is 1. The number of aryl methyl sites for hydroxylation is 1. The Balaban J connectivity index is 1.24. The fourth-order valence-electron chi connectivity index (χ4n) is 14.3. The van der Waals surface area contributed by atoms with Crippen molar-refractivity contribution in [2.45, 2.75) is 181 Å². The van der Waals surface area contributed by atoms with Crippen molar-refractivity contribution in [2.24, 2.45) is 0 Å². The average molecular weight is 897 g/mol. The van der Waals surface area contributed by atoms with Crippen LogP contribution in [0.1, 0.15) is 180 Å². The molecule has 0 saturated heterocycles. The minimum absolute atomic E-state index is 0.0331. The van der Waals surface area contributed by atoms with E-state index in [1.54, 1.807) is 0 Å². The van der Waals surface area contributed by atoms with Gasteiger partial charge in [0, 0.05) is 51.0 Å². The van der Waals surface area contributed by atoms with E-state index in [0.29, 0.717) is 0 Å². The molecule has 12 rings (SSSR count). The standard InChI is InChI=1S/C64H73BN2O/c1-37-27-42-45(61(9,10)25-23-59(42,5)6)33-50(37)67-52-35-47-44(63(13,14)36-64(47,15)16)32-49(52)65-48-31-43-46(62(11,12)26-24-60(43,7)8)34-51(48)66(53-28-38(58(2,3)4)29-54(67)57(53)65)39-21-22-41-40-19-17-18-20-55(40)68-56(41)30-39/h17-22,27-35H,23-26,36H2,1-16H3. The molecular weight excluding hydrogens is 824 g/mol. The highest BCUT2D eigenvalue weighted by molar-refractivity contribution is 7.00. The molecule has 0 saturated carbocycles. The molecule has 0 unspecified atom stereocenters. The molecule has 0 spiro atoms. The van der Waals surface area contributed by atoms with Crippen molar-refractivity contribution >= 4 is 79.2 Å². The maximum Gasteiger partial charge on any atom is 0.252 e. The van der Waals surface area contributed by atoms with Gasteiger partial charge in [-0.05, 0) is 186 Å². The second-order valence-electron chi connectivity index (χ2n) is 27.1. The van der Waals surface area contributed by atoms with Crippen LogP contribution < -0.4 is 26.2 Å². The van der Waals surface area contributed by atoms with Crippen LogP contribution in [0.4, 0.5) is 34.1 Å². The predicted octanol–water partition coefficient (Wildman–Crippen LogP) is 15.9. The van der Waals surface area contributed by atoms with Gasteiger partial charge in [0.2, 0.25) is 0 Å². The Morgan fingerprint density at radius 2 is 0.912 bits per heavy atom. The van der Waals surface area contributed by atoms with E-state index in [9.17, 15) is 0 Å². The van der Waals surface area contributed by atoms with E-state index in [1.807, 2.05) is 0 Å². The van der Waals surface area contributed by atoms with Gasteiger partial charge in [-0.25, -0.2) is 0 Å². The summed E-state index contributed by atoms with van der Waals surface area (Å²) in [5.41, 5.74) is 25.8. The summed E-state index contributed by atoms with van der Waals surface area (Å²) in [6.07, 6.45) is 5.84. The topological polar surface area (TPSA) is 19.6 Å². The summed E-state index contributed by atoms with van der Waals surface area (Å²) in [5.74, 6) is 0. The van der Waals surface area contributed by atoms with E-state index < -0.39 is 0 Å². The minimum Gasteiger partial charge on any atom is -0.456 e. The molecule has 2 aliphatic heterocycles. The first-order valence-electron chi connectivity index (χ1n) is 25.9. The van der Waals surface area contributed by atoms with Gasteiger partial charge in [-0.1, -0.05) is 140 Å². The molecule has 0 amide bonds. The SMILES string of the molecule is Cc1cc2c(cc1N1c3cc4c(cc3B3c5cc6c(cc5N(c5ccc7c(c5)oc5ccccc57)c5cc(C(C)(C)C)cc1c53)C(C)(C)CCC6(C)C)C(C)(C)CC4(C)C)C(C)(C)CCC2(C)C. The Labute approximate surface area is 407 Å². The van der Waals surface area contributed by atoms with Crippen molar-refractivity contribution in [3.63, 3.8) is 0 Å². The maximum atomic E-state index is 6.72. The molecular formula is C64H73BN2O. The molecule has 6 aromatic carbocycles. The molecule has 0 atom stereocenters. The Hall–Kier alpha value is -5.22. The molecule has 68 heavy (non-hydrogen) atoms. The van der Waals surface area contributed by atoms with Crippen LogP contribution in [-0.2, 0) is 37.9 Å². The normalized spacial score (nSPS) is 20.7. The fraction of sp³-hybridized carbons (Fsp3) is 0.438. The van der Waals surface area contributed by atoms with Crippen molar-refractivity contribution in [1.29, 1.82) is 0 Å². The lowest BCUT2D eigenvalue weighted by Gasteiger charge is -2.48. The summed E-state index contributed by atoms with van der Waals surface area (Å²) in [7, 11) is 0. The van der Waals surface area contributed by atoms with Crippen LogP contribution in [-0.4, -0.2) is 6.71 Å². The fourth-order valence-corrected chi connectivity index (χ4v) is 14.3. The average Bonchev–Trinajstić information content (AvgIpc) is 3.71. The number of fused-ring (bicyclic) bond motifs is 10. The third-order valence-electron chi connectivity index (χ3n) is 18.4. The van der Waals surface area contributed by atoms with Crippen LogP contribution in [0.5, 0.6) is 0 Å². The van der Waals surface area contributed by atoms with Crippen LogP contribution in [0.2, 0.25) is 0 Å². The highest BCUT2D eigenvalue weighted by Crippen LogP contribution is 2.56. The second-order valence-corrected chi connectivity index (χ2v) is 27.1. The predicted molar refractivity (Wildman–Crippen MR) is 292 cm³/mol. The smallest absolute Gasteiger partial charge is 0.252 e. The number of hydrogen-bond acceptors (Lipinski definition) is 3. The van der Waals surface area contributed by atoms with Crippen molar-refractivity contribution in [2.75, 3.05) is 9.80 Å². The molecule has 3 aliphatic carbocycles. The lowest BCUT2D eigenvalue weighted by molar-refractivity contribution is 0.332. The lowest BCUT2D eigenvalue weighted by atomic mass is 9.32. The molecule has 3 nitrogen and oxygen atoms in total.